The van der Waals surface area contributed by atoms with Crippen LogP contribution in [-0.2, 0) is 5.41 Å². The van der Waals surface area contributed by atoms with Crippen molar-refractivity contribution in [1.29, 1.82) is 0 Å². The Kier molecular flexibility index (Phi) is 4.31. The van der Waals surface area contributed by atoms with Gasteiger partial charge in [0.05, 0.1) is 0 Å². The summed E-state index contributed by atoms with van der Waals surface area (Å²) in [5, 5.41) is 2.97. The summed E-state index contributed by atoms with van der Waals surface area (Å²) in [6.07, 6.45) is 5.02. The molecule has 4 heteroatoms. The maximum absolute atomic E-state index is 12.1. The first kappa shape index (κ1) is 14.8. The Bertz CT molecular complexity index is 487. The van der Waals surface area contributed by atoms with Crippen LogP contribution in [0, 0.1) is 5.92 Å². The van der Waals surface area contributed by atoms with Crippen molar-refractivity contribution in [3.05, 3.63) is 23.4 Å². The van der Waals surface area contributed by atoms with E-state index in [0.717, 1.165) is 24.6 Å². The van der Waals surface area contributed by atoms with Crippen molar-refractivity contribution >= 4 is 11.7 Å². The highest BCUT2D eigenvalue weighted by Gasteiger charge is 2.21. The monoisotopic (exact) mass is 275 g/mol. The molecule has 1 saturated carbocycles. The van der Waals surface area contributed by atoms with Crippen LogP contribution in [0.5, 0.6) is 0 Å². The molecule has 2 rings (SSSR count). The van der Waals surface area contributed by atoms with Crippen molar-refractivity contribution in [2.45, 2.75) is 51.9 Å². The first-order valence-electron chi connectivity index (χ1n) is 7.42. The molecule has 0 spiro atoms. The highest BCUT2D eigenvalue weighted by molar-refractivity contribution is 5.94. The molecule has 0 aromatic carbocycles. The first-order chi connectivity index (χ1) is 9.36. The summed E-state index contributed by atoms with van der Waals surface area (Å²) in [5.74, 6) is 1.26. The number of rotatable bonds is 5. The average molecular weight is 275 g/mol. The number of pyridine rings is 1. The molecule has 0 unspecified atom stereocenters. The molecule has 1 aromatic rings. The molecule has 1 aliphatic rings. The largest absolute Gasteiger partial charge is 0.384 e. The van der Waals surface area contributed by atoms with E-state index in [2.05, 4.69) is 31.1 Å². The molecule has 4 nitrogen and oxygen atoms in total. The van der Waals surface area contributed by atoms with Crippen LogP contribution in [0.4, 0.5) is 5.82 Å². The van der Waals surface area contributed by atoms with Crippen molar-refractivity contribution in [2.24, 2.45) is 5.92 Å². The van der Waals surface area contributed by atoms with Crippen molar-refractivity contribution < 1.29 is 4.79 Å². The van der Waals surface area contributed by atoms with Crippen molar-refractivity contribution in [3.8, 4) is 0 Å². The molecule has 1 amide bonds. The van der Waals surface area contributed by atoms with Gasteiger partial charge >= 0.3 is 0 Å². The quantitative estimate of drug-likeness (QED) is 0.812. The van der Waals surface area contributed by atoms with Gasteiger partial charge in [0.25, 0.3) is 5.91 Å². The fourth-order valence-electron chi connectivity index (χ4n) is 2.17. The van der Waals surface area contributed by atoms with Crippen molar-refractivity contribution in [2.75, 3.05) is 12.3 Å². The lowest BCUT2D eigenvalue weighted by molar-refractivity contribution is 0.0952. The summed E-state index contributed by atoms with van der Waals surface area (Å²) in [7, 11) is 0. The number of nitrogens with zero attached hydrogens (tertiary/aromatic N) is 1. The molecule has 1 aliphatic carbocycles. The smallest absolute Gasteiger partial charge is 0.251 e. The van der Waals surface area contributed by atoms with E-state index in [1.807, 2.05) is 6.07 Å². The molecule has 0 radical (unpaired) electrons. The van der Waals surface area contributed by atoms with Gasteiger partial charge in [-0.1, -0.05) is 33.6 Å². The average Bonchev–Trinajstić information content (AvgIpc) is 3.16. The fourth-order valence-corrected chi connectivity index (χ4v) is 2.17. The van der Waals surface area contributed by atoms with E-state index in [0.29, 0.717) is 11.4 Å². The molecule has 0 aliphatic heterocycles. The van der Waals surface area contributed by atoms with Gasteiger partial charge in [-0.15, -0.1) is 0 Å². The standard InChI is InChI=1S/C16H25N3O/c1-16(2,3)13-9-12(10-14(17)19-13)15(20)18-8-4-5-11-6-7-11/h9-11H,4-8H2,1-3H3,(H2,17,19)(H,18,20). The number of aromatic nitrogens is 1. The van der Waals surface area contributed by atoms with Crippen LogP contribution in [0.15, 0.2) is 12.1 Å². The molecule has 1 heterocycles. The molecular formula is C16H25N3O. The van der Waals surface area contributed by atoms with Crippen LogP contribution >= 0.6 is 0 Å². The highest BCUT2D eigenvalue weighted by atomic mass is 16.1. The summed E-state index contributed by atoms with van der Waals surface area (Å²) in [4.78, 5) is 16.5. The van der Waals surface area contributed by atoms with Crippen molar-refractivity contribution in [1.82, 2.24) is 10.3 Å². The Labute approximate surface area is 121 Å². The Morgan fingerprint density at radius 2 is 2.10 bits per heavy atom. The fraction of sp³-hybridized carbons (Fsp3) is 0.625. The predicted molar refractivity (Wildman–Crippen MR) is 81.6 cm³/mol. The van der Waals surface area contributed by atoms with Crippen LogP contribution in [0.1, 0.15) is 62.5 Å². The normalized spacial score (nSPS) is 15.2. The summed E-state index contributed by atoms with van der Waals surface area (Å²) in [5.41, 5.74) is 7.14. The highest BCUT2D eigenvalue weighted by Crippen LogP contribution is 2.33. The number of nitrogens with two attached hydrogens (primary N) is 1. The molecule has 0 bridgehead atoms. The van der Waals surface area contributed by atoms with Gasteiger partial charge in [0.1, 0.15) is 5.82 Å². The van der Waals surface area contributed by atoms with Gasteiger partial charge in [-0.25, -0.2) is 4.98 Å². The second-order valence-electron chi connectivity index (χ2n) is 6.76. The number of hydrogen-bond acceptors (Lipinski definition) is 3. The third kappa shape index (κ3) is 4.22. The second kappa shape index (κ2) is 5.81. The molecular weight excluding hydrogens is 250 g/mol. The Balaban J connectivity index is 1.95. The van der Waals surface area contributed by atoms with E-state index in [9.17, 15) is 4.79 Å². The van der Waals surface area contributed by atoms with Gasteiger partial charge in [-0.05, 0) is 30.9 Å². The molecule has 0 atom stereocenters. The summed E-state index contributed by atoms with van der Waals surface area (Å²) >= 11 is 0. The molecule has 110 valence electrons. The topological polar surface area (TPSA) is 68.0 Å². The zero-order valence-corrected chi connectivity index (χ0v) is 12.7. The van der Waals surface area contributed by atoms with Gasteiger partial charge < -0.3 is 11.1 Å². The van der Waals surface area contributed by atoms with E-state index in [4.69, 9.17) is 5.73 Å². The molecule has 3 N–H and O–H groups in total. The number of hydrogen-bond donors (Lipinski definition) is 2. The number of anilines is 1. The van der Waals surface area contributed by atoms with Gasteiger partial charge in [-0.3, -0.25) is 4.79 Å². The minimum absolute atomic E-state index is 0.0552. The lowest BCUT2D eigenvalue weighted by Crippen LogP contribution is -2.26. The number of amides is 1. The van der Waals surface area contributed by atoms with E-state index >= 15 is 0 Å². The summed E-state index contributed by atoms with van der Waals surface area (Å²) in [6.45, 7) is 6.92. The maximum Gasteiger partial charge on any atom is 0.251 e. The Morgan fingerprint density at radius 1 is 1.40 bits per heavy atom. The maximum atomic E-state index is 12.1. The number of nitrogens with one attached hydrogen (secondary N) is 1. The summed E-state index contributed by atoms with van der Waals surface area (Å²) in [6, 6.07) is 3.48. The second-order valence-corrected chi connectivity index (χ2v) is 6.76. The lowest BCUT2D eigenvalue weighted by Gasteiger charge is -2.19. The molecule has 1 aromatic heterocycles. The van der Waals surface area contributed by atoms with E-state index in [1.165, 1.54) is 19.3 Å². The van der Waals surface area contributed by atoms with E-state index in [-0.39, 0.29) is 11.3 Å². The third-order valence-electron chi connectivity index (χ3n) is 3.65. The zero-order valence-electron chi connectivity index (χ0n) is 12.7. The number of nitrogen functional groups attached to an aromatic ring is 1. The predicted octanol–water partition coefficient (Wildman–Crippen LogP) is 2.88. The number of carbonyl (C=O) groups is 1. The third-order valence-corrected chi connectivity index (χ3v) is 3.65. The molecule has 20 heavy (non-hydrogen) atoms. The van der Waals surface area contributed by atoms with Crippen LogP contribution in [0.2, 0.25) is 0 Å². The zero-order chi connectivity index (χ0) is 14.8. The van der Waals surface area contributed by atoms with Crippen LogP contribution < -0.4 is 11.1 Å². The SMILES string of the molecule is CC(C)(C)c1cc(C(=O)NCCCC2CC2)cc(N)n1. The number of carbonyl (C=O) groups excluding carboxylic acids is 1. The molecule has 0 saturated heterocycles. The lowest BCUT2D eigenvalue weighted by atomic mass is 9.90. The van der Waals surface area contributed by atoms with Gasteiger partial charge in [-0.2, -0.15) is 0 Å². The minimum atomic E-state index is -0.115. The molecule has 1 fully saturated rings. The van der Waals surface area contributed by atoms with Crippen LogP contribution in [0.25, 0.3) is 0 Å². The van der Waals surface area contributed by atoms with E-state index < -0.39 is 0 Å². The first-order valence-corrected chi connectivity index (χ1v) is 7.42. The van der Waals surface area contributed by atoms with Crippen LogP contribution in [0.3, 0.4) is 0 Å². The van der Waals surface area contributed by atoms with Crippen molar-refractivity contribution in [3.63, 3.8) is 0 Å². The van der Waals surface area contributed by atoms with E-state index in [1.54, 1.807) is 6.07 Å². The Hall–Kier alpha value is -1.58. The van der Waals surface area contributed by atoms with Gasteiger partial charge in [0.15, 0.2) is 0 Å². The Morgan fingerprint density at radius 3 is 2.70 bits per heavy atom. The van der Waals surface area contributed by atoms with Crippen LogP contribution in [-0.4, -0.2) is 17.4 Å². The summed E-state index contributed by atoms with van der Waals surface area (Å²) < 4.78 is 0. The minimum Gasteiger partial charge on any atom is -0.384 e. The van der Waals surface area contributed by atoms with Gasteiger partial charge in [0.2, 0.25) is 0 Å². The van der Waals surface area contributed by atoms with Gasteiger partial charge in [0, 0.05) is 23.2 Å².